The van der Waals surface area contributed by atoms with E-state index in [0.717, 1.165) is 4.70 Å². The van der Waals surface area contributed by atoms with Crippen LogP contribution in [-0.2, 0) is 10.0 Å². The Kier molecular flexibility index (Phi) is 4.00. The molecule has 0 fully saturated rings. The van der Waals surface area contributed by atoms with Crippen LogP contribution in [0.3, 0.4) is 0 Å². The minimum Gasteiger partial charge on any atom is -0.508 e. The molecule has 0 saturated carbocycles. The summed E-state index contributed by atoms with van der Waals surface area (Å²) < 4.78 is 29.1. The number of aryl methyl sites for hydroxylation is 2. The molecule has 0 saturated heterocycles. The van der Waals surface area contributed by atoms with Gasteiger partial charge in [0.15, 0.2) is 0 Å². The summed E-state index contributed by atoms with van der Waals surface area (Å²) in [6.45, 7) is 3.50. The molecule has 0 atom stereocenters. The maximum absolute atomic E-state index is 12.8. The Hall–Kier alpha value is -1.76. The molecule has 3 aromatic rings. The number of thiophene rings is 1. The first-order valence-corrected chi connectivity index (χ1v) is 9.47. The fourth-order valence-corrected chi connectivity index (χ4v) is 5.55. The fraction of sp³-hybridized carbons (Fsp3) is 0.125. The number of phenols is 1. The van der Waals surface area contributed by atoms with Gasteiger partial charge in [-0.15, -0.1) is 11.3 Å². The maximum atomic E-state index is 12.8. The normalized spacial score (nSPS) is 11.8. The topological polar surface area (TPSA) is 66.4 Å². The third-order valence-electron chi connectivity index (χ3n) is 3.49. The van der Waals surface area contributed by atoms with Crippen LogP contribution in [0.2, 0.25) is 5.02 Å². The lowest BCUT2D eigenvalue weighted by Crippen LogP contribution is -2.14. The van der Waals surface area contributed by atoms with Crippen molar-refractivity contribution in [1.29, 1.82) is 0 Å². The number of nitrogens with one attached hydrogen (secondary N) is 1. The van der Waals surface area contributed by atoms with Crippen LogP contribution in [0, 0.1) is 13.8 Å². The molecule has 0 spiro atoms. The lowest BCUT2D eigenvalue weighted by atomic mass is 10.2. The summed E-state index contributed by atoms with van der Waals surface area (Å²) in [5, 5.41) is 10.6. The number of anilines is 1. The van der Waals surface area contributed by atoms with Gasteiger partial charge in [0.2, 0.25) is 0 Å². The van der Waals surface area contributed by atoms with Crippen LogP contribution < -0.4 is 4.72 Å². The number of hydrogen-bond acceptors (Lipinski definition) is 4. The lowest BCUT2D eigenvalue weighted by molar-refractivity contribution is 0.475. The Morgan fingerprint density at radius 3 is 2.57 bits per heavy atom. The molecule has 0 aliphatic rings. The molecule has 23 heavy (non-hydrogen) atoms. The molecular weight excluding hydrogens is 354 g/mol. The fourth-order valence-electron chi connectivity index (χ4n) is 2.46. The van der Waals surface area contributed by atoms with Gasteiger partial charge < -0.3 is 5.11 Å². The van der Waals surface area contributed by atoms with Gasteiger partial charge in [0.05, 0.1) is 5.69 Å². The van der Waals surface area contributed by atoms with Gasteiger partial charge in [0.25, 0.3) is 10.0 Å². The molecule has 120 valence electrons. The number of halogens is 1. The molecule has 2 aromatic carbocycles. The van der Waals surface area contributed by atoms with Crippen LogP contribution >= 0.6 is 22.9 Å². The SMILES string of the molecule is Cc1cc(O)ccc1NS(=O)(=O)c1c(C)sc2ccc(Cl)cc12. The van der Waals surface area contributed by atoms with E-state index >= 15 is 0 Å². The van der Waals surface area contributed by atoms with E-state index in [-0.39, 0.29) is 10.6 Å². The summed E-state index contributed by atoms with van der Waals surface area (Å²) in [6.07, 6.45) is 0. The summed E-state index contributed by atoms with van der Waals surface area (Å²) >= 11 is 7.43. The van der Waals surface area contributed by atoms with Crippen molar-refractivity contribution >= 4 is 48.7 Å². The van der Waals surface area contributed by atoms with Gasteiger partial charge in [-0.3, -0.25) is 4.72 Å². The van der Waals surface area contributed by atoms with Crippen molar-refractivity contribution in [3.05, 3.63) is 51.9 Å². The predicted octanol–water partition coefficient (Wildman–Crippen LogP) is 4.68. The van der Waals surface area contributed by atoms with E-state index in [2.05, 4.69) is 4.72 Å². The highest BCUT2D eigenvalue weighted by Gasteiger charge is 2.23. The predicted molar refractivity (Wildman–Crippen MR) is 95.2 cm³/mol. The molecule has 0 radical (unpaired) electrons. The van der Waals surface area contributed by atoms with Crippen molar-refractivity contribution in [3.8, 4) is 5.75 Å². The van der Waals surface area contributed by atoms with Gasteiger partial charge in [-0.05, 0) is 55.8 Å². The Morgan fingerprint density at radius 2 is 1.87 bits per heavy atom. The van der Waals surface area contributed by atoms with Gasteiger partial charge >= 0.3 is 0 Å². The van der Waals surface area contributed by atoms with E-state index in [1.54, 1.807) is 32.0 Å². The first kappa shape index (κ1) is 16.1. The van der Waals surface area contributed by atoms with E-state index < -0.39 is 10.0 Å². The molecule has 7 heteroatoms. The zero-order valence-corrected chi connectivity index (χ0v) is 14.8. The second-order valence-electron chi connectivity index (χ2n) is 5.23. The second-order valence-corrected chi connectivity index (χ2v) is 8.54. The zero-order valence-electron chi connectivity index (χ0n) is 12.4. The third-order valence-corrected chi connectivity index (χ3v) is 6.49. The Balaban J connectivity index is 2.13. The van der Waals surface area contributed by atoms with Crippen LogP contribution in [0.15, 0.2) is 41.3 Å². The van der Waals surface area contributed by atoms with Gasteiger partial charge in [-0.1, -0.05) is 11.6 Å². The highest BCUT2D eigenvalue weighted by atomic mass is 35.5. The third kappa shape index (κ3) is 3.02. The number of benzene rings is 2. The molecule has 2 N–H and O–H groups in total. The average molecular weight is 368 g/mol. The molecule has 0 amide bonds. The van der Waals surface area contributed by atoms with E-state index in [0.29, 0.717) is 26.5 Å². The van der Waals surface area contributed by atoms with Gasteiger partial charge in [0.1, 0.15) is 10.6 Å². The average Bonchev–Trinajstić information content (AvgIpc) is 2.78. The highest BCUT2D eigenvalue weighted by Crippen LogP contribution is 2.37. The quantitative estimate of drug-likeness (QED) is 0.660. The maximum Gasteiger partial charge on any atom is 0.263 e. The Bertz CT molecular complexity index is 1010. The number of hydrogen-bond donors (Lipinski definition) is 2. The summed E-state index contributed by atoms with van der Waals surface area (Å²) in [5.41, 5.74) is 1.08. The van der Waals surface area contributed by atoms with Gasteiger partial charge in [-0.2, -0.15) is 0 Å². The van der Waals surface area contributed by atoms with Crippen LogP contribution in [0.5, 0.6) is 5.75 Å². The van der Waals surface area contributed by atoms with E-state index in [1.165, 1.54) is 23.5 Å². The number of aromatic hydroxyl groups is 1. The standard InChI is InChI=1S/C16H14ClNO3S2/c1-9-7-12(19)4-5-14(9)18-23(20,21)16-10(2)22-15-6-3-11(17)8-13(15)16/h3-8,18-19H,1-2H3. The number of fused-ring (bicyclic) bond motifs is 1. The molecule has 1 aromatic heterocycles. The van der Waals surface area contributed by atoms with Crippen LogP contribution in [0.25, 0.3) is 10.1 Å². The summed E-state index contributed by atoms with van der Waals surface area (Å²) in [5.74, 6) is 0.0920. The van der Waals surface area contributed by atoms with Crippen molar-refractivity contribution in [1.82, 2.24) is 0 Å². The Morgan fingerprint density at radius 1 is 1.13 bits per heavy atom. The molecule has 0 aliphatic carbocycles. The molecule has 4 nitrogen and oxygen atoms in total. The molecular formula is C16H14ClNO3S2. The van der Waals surface area contributed by atoms with E-state index in [4.69, 9.17) is 11.6 Å². The van der Waals surface area contributed by atoms with Crippen molar-refractivity contribution in [3.63, 3.8) is 0 Å². The van der Waals surface area contributed by atoms with Crippen LogP contribution in [0.1, 0.15) is 10.4 Å². The molecule has 3 rings (SSSR count). The summed E-state index contributed by atoms with van der Waals surface area (Å²) in [4.78, 5) is 0.943. The smallest absolute Gasteiger partial charge is 0.263 e. The molecule has 1 heterocycles. The minimum absolute atomic E-state index is 0.0920. The van der Waals surface area contributed by atoms with E-state index in [9.17, 15) is 13.5 Å². The zero-order chi connectivity index (χ0) is 16.8. The van der Waals surface area contributed by atoms with Crippen molar-refractivity contribution in [2.45, 2.75) is 18.7 Å². The van der Waals surface area contributed by atoms with Crippen molar-refractivity contribution < 1.29 is 13.5 Å². The van der Waals surface area contributed by atoms with E-state index in [1.807, 2.05) is 6.07 Å². The lowest BCUT2D eigenvalue weighted by Gasteiger charge is -2.11. The van der Waals surface area contributed by atoms with Crippen LogP contribution in [0.4, 0.5) is 5.69 Å². The second kappa shape index (κ2) is 5.70. The molecule has 0 aliphatic heterocycles. The minimum atomic E-state index is -3.76. The van der Waals surface area contributed by atoms with Crippen molar-refractivity contribution in [2.75, 3.05) is 4.72 Å². The molecule has 0 unspecified atom stereocenters. The highest BCUT2D eigenvalue weighted by molar-refractivity contribution is 7.93. The van der Waals surface area contributed by atoms with Crippen LogP contribution in [-0.4, -0.2) is 13.5 Å². The number of phenolic OH excluding ortho intramolecular Hbond substituents is 1. The molecule has 0 bridgehead atoms. The largest absolute Gasteiger partial charge is 0.508 e. The monoisotopic (exact) mass is 367 g/mol. The summed E-state index contributed by atoms with van der Waals surface area (Å²) in [6, 6.07) is 9.72. The first-order chi connectivity index (χ1) is 10.8. The summed E-state index contributed by atoms with van der Waals surface area (Å²) in [7, 11) is -3.76. The Labute approximate surface area is 143 Å². The first-order valence-electron chi connectivity index (χ1n) is 6.79. The van der Waals surface area contributed by atoms with Gasteiger partial charge in [-0.25, -0.2) is 8.42 Å². The number of sulfonamides is 1. The van der Waals surface area contributed by atoms with Crippen molar-refractivity contribution in [2.24, 2.45) is 0 Å². The number of rotatable bonds is 3. The van der Waals surface area contributed by atoms with Gasteiger partial charge in [0, 0.05) is 20.0 Å².